The highest BCUT2D eigenvalue weighted by Gasteiger charge is 2.16. The number of benzene rings is 1. The first-order valence-electron chi connectivity index (χ1n) is 10.5. The molecule has 1 fully saturated rings. The van der Waals surface area contributed by atoms with Gasteiger partial charge in [0, 0.05) is 29.8 Å². The largest absolute Gasteiger partial charge is 0.493 e. The van der Waals surface area contributed by atoms with Crippen molar-refractivity contribution in [1.29, 1.82) is 0 Å². The molecule has 168 valence electrons. The van der Waals surface area contributed by atoms with Gasteiger partial charge in [-0.25, -0.2) is 4.98 Å². The number of nitrogens with zero attached hydrogens (tertiary/aromatic N) is 1. The normalized spacial score (nSPS) is 14.6. The van der Waals surface area contributed by atoms with Crippen molar-refractivity contribution in [3.8, 4) is 17.2 Å². The van der Waals surface area contributed by atoms with Crippen molar-refractivity contribution in [3.63, 3.8) is 0 Å². The van der Waals surface area contributed by atoms with E-state index in [1.807, 2.05) is 42.2 Å². The monoisotopic (exact) mass is 453 g/mol. The fraction of sp³-hybridized carbons (Fsp3) is 0.333. The minimum absolute atomic E-state index is 0.186. The molecule has 2 aromatic heterocycles. The van der Waals surface area contributed by atoms with Gasteiger partial charge in [-0.3, -0.25) is 4.79 Å². The van der Waals surface area contributed by atoms with Crippen LogP contribution < -0.4 is 19.5 Å². The first-order valence-corrected chi connectivity index (χ1v) is 11.7. The summed E-state index contributed by atoms with van der Waals surface area (Å²) in [6.07, 6.45) is 9.27. The molecule has 32 heavy (non-hydrogen) atoms. The molecule has 7 nitrogen and oxygen atoms in total. The standard InChI is InChI=1S/C24H27N3O4S/c1-29-21-5-3-16(11-22(21)30-2)13-25-23(28)6-4-17-14-26-24-20(17)12-19(15-27-24)31-18-7-9-32-10-8-18/h3-6,11-12,14-15,18H,7-10,13H2,1-2H3,(H,25,28)(H,26,27)/b6-4+. The highest BCUT2D eigenvalue weighted by molar-refractivity contribution is 7.99. The lowest BCUT2D eigenvalue weighted by Gasteiger charge is -2.22. The summed E-state index contributed by atoms with van der Waals surface area (Å²) in [5.41, 5.74) is 2.57. The molecule has 2 N–H and O–H groups in total. The topological polar surface area (TPSA) is 85.5 Å². The Bertz CT molecular complexity index is 1110. The number of fused-ring (bicyclic) bond motifs is 1. The summed E-state index contributed by atoms with van der Waals surface area (Å²) in [6.45, 7) is 0.386. The van der Waals surface area contributed by atoms with E-state index in [0.29, 0.717) is 18.0 Å². The lowest BCUT2D eigenvalue weighted by Crippen LogP contribution is -2.22. The van der Waals surface area contributed by atoms with Crippen molar-refractivity contribution in [3.05, 3.63) is 53.9 Å². The molecule has 0 aliphatic carbocycles. The number of pyridine rings is 1. The van der Waals surface area contributed by atoms with Gasteiger partial charge in [0.25, 0.3) is 0 Å². The molecule has 4 rings (SSSR count). The summed E-state index contributed by atoms with van der Waals surface area (Å²) < 4.78 is 16.7. The summed E-state index contributed by atoms with van der Waals surface area (Å²) in [4.78, 5) is 20.0. The van der Waals surface area contributed by atoms with Gasteiger partial charge >= 0.3 is 0 Å². The molecule has 0 atom stereocenters. The molecule has 3 heterocycles. The predicted octanol–water partition coefficient (Wildman–Crippen LogP) is 4.18. The number of hydrogen-bond donors (Lipinski definition) is 2. The second-order valence-corrected chi connectivity index (χ2v) is 8.71. The number of nitrogens with one attached hydrogen (secondary N) is 2. The summed E-state index contributed by atoms with van der Waals surface area (Å²) in [7, 11) is 3.18. The van der Waals surface area contributed by atoms with Gasteiger partial charge in [-0.2, -0.15) is 11.8 Å². The van der Waals surface area contributed by atoms with E-state index in [1.54, 1.807) is 26.5 Å². The maximum Gasteiger partial charge on any atom is 0.244 e. The number of aromatic nitrogens is 2. The average molecular weight is 454 g/mol. The Morgan fingerprint density at radius 3 is 2.81 bits per heavy atom. The van der Waals surface area contributed by atoms with E-state index in [1.165, 1.54) is 6.08 Å². The molecule has 0 unspecified atom stereocenters. The first-order chi connectivity index (χ1) is 15.7. The Balaban J connectivity index is 1.39. The molecule has 1 amide bonds. The smallest absolute Gasteiger partial charge is 0.244 e. The van der Waals surface area contributed by atoms with Crippen LogP contribution in [0.5, 0.6) is 17.2 Å². The lowest BCUT2D eigenvalue weighted by molar-refractivity contribution is -0.116. The number of amides is 1. The SMILES string of the molecule is COc1ccc(CNC(=O)/C=C/c2c[nH]c3ncc(OC4CCSCC4)cc23)cc1OC. The van der Waals surface area contributed by atoms with Crippen LogP contribution in [0.2, 0.25) is 0 Å². The van der Waals surface area contributed by atoms with Gasteiger partial charge < -0.3 is 24.5 Å². The number of carbonyl (C=O) groups is 1. The van der Waals surface area contributed by atoms with Gasteiger partial charge in [-0.05, 0) is 54.2 Å². The van der Waals surface area contributed by atoms with Crippen molar-refractivity contribution in [1.82, 2.24) is 15.3 Å². The molecule has 1 aromatic carbocycles. The van der Waals surface area contributed by atoms with Crippen LogP contribution >= 0.6 is 11.8 Å². The van der Waals surface area contributed by atoms with Gasteiger partial charge in [0.15, 0.2) is 11.5 Å². The molecule has 0 bridgehead atoms. The Labute approximate surface area is 191 Å². The Morgan fingerprint density at radius 1 is 1.22 bits per heavy atom. The average Bonchev–Trinajstić information content (AvgIpc) is 3.24. The van der Waals surface area contributed by atoms with Crippen LogP contribution in [0.1, 0.15) is 24.0 Å². The Kier molecular flexibility index (Phi) is 7.21. The number of methoxy groups -OCH3 is 2. The zero-order valence-electron chi connectivity index (χ0n) is 18.2. The summed E-state index contributed by atoms with van der Waals surface area (Å²) in [5.74, 6) is 4.14. The van der Waals surface area contributed by atoms with Gasteiger partial charge in [-0.1, -0.05) is 6.07 Å². The third-order valence-corrected chi connectivity index (χ3v) is 6.39. The minimum Gasteiger partial charge on any atom is -0.493 e. The van der Waals surface area contributed by atoms with Crippen LogP contribution in [-0.2, 0) is 11.3 Å². The van der Waals surface area contributed by atoms with Gasteiger partial charge in [-0.15, -0.1) is 0 Å². The van der Waals surface area contributed by atoms with E-state index >= 15 is 0 Å². The van der Waals surface area contributed by atoms with E-state index in [4.69, 9.17) is 14.2 Å². The van der Waals surface area contributed by atoms with Crippen molar-refractivity contribution < 1.29 is 19.0 Å². The number of hydrogen-bond acceptors (Lipinski definition) is 6. The molecule has 8 heteroatoms. The fourth-order valence-corrected chi connectivity index (χ4v) is 4.66. The molecule has 1 aliphatic heterocycles. The third kappa shape index (κ3) is 5.37. The molecule has 0 radical (unpaired) electrons. The van der Waals surface area contributed by atoms with Gasteiger partial charge in [0.1, 0.15) is 17.5 Å². The molecular formula is C24H27N3O4S. The molecule has 3 aromatic rings. The highest BCUT2D eigenvalue weighted by Crippen LogP contribution is 2.28. The summed E-state index contributed by atoms with van der Waals surface area (Å²) in [6, 6.07) is 7.55. The van der Waals surface area contributed by atoms with Crippen molar-refractivity contribution in [2.24, 2.45) is 0 Å². The number of thioether (sulfide) groups is 1. The van der Waals surface area contributed by atoms with E-state index < -0.39 is 0 Å². The summed E-state index contributed by atoms with van der Waals surface area (Å²) >= 11 is 1.97. The maximum absolute atomic E-state index is 12.3. The van der Waals surface area contributed by atoms with E-state index in [-0.39, 0.29) is 12.0 Å². The number of rotatable bonds is 8. The van der Waals surface area contributed by atoms with Crippen LogP contribution in [-0.4, -0.2) is 47.7 Å². The number of H-pyrrole nitrogens is 1. The number of aromatic amines is 1. The van der Waals surface area contributed by atoms with E-state index in [0.717, 1.165) is 52.3 Å². The quantitative estimate of drug-likeness (QED) is 0.498. The molecule has 1 aliphatic rings. The molecule has 0 spiro atoms. The van der Waals surface area contributed by atoms with E-state index in [9.17, 15) is 4.79 Å². The second kappa shape index (κ2) is 10.5. The fourth-order valence-electron chi connectivity index (χ4n) is 3.60. The van der Waals surface area contributed by atoms with Crippen LogP contribution in [0, 0.1) is 0 Å². The Hall–Kier alpha value is -3.13. The van der Waals surface area contributed by atoms with Gasteiger partial charge in [0.2, 0.25) is 5.91 Å². The van der Waals surface area contributed by atoms with Crippen molar-refractivity contribution >= 4 is 34.8 Å². The molecular weight excluding hydrogens is 426 g/mol. The first kappa shape index (κ1) is 22.1. The van der Waals surface area contributed by atoms with Crippen molar-refractivity contribution in [2.45, 2.75) is 25.5 Å². The third-order valence-electron chi connectivity index (χ3n) is 5.34. The van der Waals surface area contributed by atoms with Crippen LogP contribution in [0.25, 0.3) is 17.1 Å². The summed E-state index contributed by atoms with van der Waals surface area (Å²) in [5, 5.41) is 3.82. The predicted molar refractivity (Wildman–Crippen MR) is 127 cm³/mol. The van der Waals surface area contributed by atoms with Crippen LogP contribution in [0.3, 0.4) is 0 Å². The zero-order chi connectivity index (χ0) is 22.3. The second-order valence-electron chi connectivity index (χ2n) is 7.48. The minimum atomic E-state index is -0.186. The zero-order valence-corrected chi connectivity index (χ0v) is 19.0. The molecule has 1 saturated heterocycles. The number of ether oxygens (including phenoxy) is 3. The van der Waals surface area contributed by atoms with Crippen LogP contribution in [0.4, 0.5) is 0 Å². The Morgan fingerprint density at radius 2 is 2.03 bits per heavy atom. The lowest BCUT2D eigenvalue weighted by atomic mass is 10.2. The number of carbonyl (C=O) groups excluding carboxylic acids is 1. The van der Waals surface area contributed by atoms with Crippen molar-refractivity contribution in [2.75, 3.05) is 25.7 Å². The van der Waals surface area contributed by atoms with Gasteiger partial charge in [0.05, 0.1) is 20.4 Å². The maximum atomic E-state index is 12.3. The molecule has 0 saturated carbocycles. The highest BCUT2D eigenvalue weighted by atomic mass is 32.2. The van der Waals surface area contributed by atoms with E-state index in [2.05, 4.69) is 15.3 Å². The van der Waals surface area contributed by atoms with Crippen LogP contribution in [0.15, 0.2) is 42.7 Å².